The number of amides is 1. The number of nitrogens with one attached hydrogen (secondary N) is 1. The molecule has 1 aromatic heterocycles. The summed E-state index contributed by atoms with van der Waals surface area (Å²) in [4.78, 5) is 17.6. The van der Waals surface area contributed by atoms with Gasteiger partial charge in [0.2, 0.25) is 0 Å². The van der Waals surface area contributed by atoms with Crippen LogP contribution in [0.3, 0.4) is 0 Å². The van der Waals surface area contributed by atoms with Crippen LogP contribution < -0.4 is 4.90 Å². The summed E-state index contributed by atoms with van der Waals surface area (Å²) < 4.78 is 0.523. The summed E-state index contributed by atoms with van der Waals surface area (Å²) in [5.41, 5.74) is 1.60. The van der Waals surface area contributed by atoms with Crippen molar-refractivity contribution in [1.82, 2.24) is 4.98 Å². The van der Waals surface area contributed by atoms with Crippen LogP contribution in [0, 0.1) is 0 Å². The van der Waals surface area contributed by atoms with Gasteiger partial charge in [-0.05, 0) is 42.5 Å². The van der Waals surface area contributed by atoms with Crippen molar-refractivity contribution in [1.29, 1.82) is 0 Å². The minimum absolute atomic E-state index is 0.114. The standard InChI is InChI=1S/C14H9ClN2OS2/c15-9-3-5-11(6-4-9)17-13(18)12(20-14(17)19)8-10-2-1-7-16-10/h1-8,16H/b12-8+. The molecule has 1 N–H and O–H groups in total. The molecule has 0 radical (unpaired) electrons. The normalized spacial score (nSPS) is 17.2. The topological polar surface area (TPSA) is 36.1 Å². The first kappa shape index (κ1) is 13.4. The number of aromatic nitrogens is 1. The van der Waals surface area contributed by atoms with Crippen LogP contribution in [0.4, 0.5) is 5.69 Å². The van der Waals surface area contributed by atoms with Gasteiger partial charge in [0.25, 0.3) is 5.91 Å². The lowest BCUT2D eigenvalue weighted by Crippen LogP contribution is -2.27. The summed E-state index contributed by atoms with van der Waals surface area (Å²) in [6.45, 7) is 0. The number of carbonyl (C=O) groups excluding carboxylic acids is 1. The zero-order valence-corrected chi connectivity index (χ0v) is 12.6. The molecule has 1 fully saturated rings. The van der Waals surface area contributed by atoms with E-state index >= 15 is 0 Å². The summed E-state index contributed by atoms with van der Waals surface area (Å²) in [5.74, 6) is -0.114. The molecule has 2 heterocycles. The number of hydrogen-bond acceptors (Lipinski definition) is 3. The van der Waals surface area contributed by atoms with Gasteiger partial charge in [0, 0.05) is 16.9 Å². The van der Waals surface area contributed by atoms with Crippen LogP contribution in [-0.2, 0) is 4.79 Å². The molecule has 20 heavy (non-hydrogen) atoms. The molecule has 1 saturated heterocycles. The maximum Gasteiger partial charge on any atom is 0.270 e. The van der Waals surface area contributed by atoms with Gasteiger partial charge in [0.15, 0.2) is 4.32 Å². The monoisotopic (exact) mass is 320 g/mol. The molecule has 0 atom stereocenters. The zero-order chi connectivity index (χ0) is 14.1. The molecule has 1 amide bonds. The van der Waals surface area contributed by atoms with Gasteiger partial charge < -0.3 is 4.98 Å². The van der Waals surface area contributed by atoms with E-state index in [9.17, 15) is 4.79 Å². The van der Waals surface area contributed by atoms with Gasteiger partial charge in [-0.15, -0.1) is 0 Å². The van der Waals surface area contributed by atoms with Crippen molar-refractivity contribution in [2.75, 3.05) is 4.90 Å². The zero-order valence-electron chi connectivity index (χ0n) is 10.2. The van der Waals surface area contributed by atoms with Gasteiger partial charge >= 0.3 is 0 Å². The number of hydrogen-bond donors (Lipinski definition) is 1. The smallest absolute Gasteiger partial charge is 0.270 e. The van der Waals surface area contributed by atoms with Crippen LogP contribution in [0.2, 0.25) is 5.02 Å². The van der Waals surface area contributed by atoms with Crippen molar-refractivity contribution in [3.63, 3.8) is 0 Å². The Balaban J connectivity index is 1.93. The van der Waals surface area contributed by atoms with Crippen molar-refractivity contribution in [3.05, 3.63) is 58.2 Å². The Kier molecular flexibility index (Phi) is 3.65. The van der Waals surface area contributed by atoms with Crippen LogP contribution in [0.25, 0.3) is 6.08 Å². The SMILES string of the molecule is O=C1/C(=C\c2ccc[nH]2)SC(=S)N1c1ccc(Cl)cc1. The van der Waals surface area contributed by atoms with Crippen LogP contribution in [-0.4, -0.2) is 15.2 Å². The molecule has 0 bridgehead atoms. The molecule has 1 aromatic carbocycles. The highest BCUT2D eigenvalue weighted by atomic mass is 35.5. The van der Waals surface area contributed by atoms with E-state index in [1.807, 2.05) is 18.3 Å². The minimum atomic E-state index is -0.114. The fourth-order valence-corrected chi connectivity index (χ4v) is 3.27. The number of benzene rings is 1. The number of anilines is 1. The van der Waals surface area contributed by atoms with Crippen molar-refractivity contribution in [2.45, 2.75) is 0 Å². The first-order chi connectivity index (χ1) is 9.65. The van der Waals surface area contributed by atoms with E-state index in [0.717, 1.165) is 11.4 Å². The summed E-state index contributed by atoms with van der Waals surface area (Å²) >= 11 is 12.4. The van der Waals surface area contributed by atoms with Crippen molar-refractivity contribution < 1.29 is 4.79 Å². The largest absolute Gasteiger partial charge is 0.362 e. The van der Waals surface area contributed by atoms with Crippen molar-refractivity contribution in [3.8, 4) is 0 Å². The molecule has 0 unspecified atom stereocenters. The highest BCUT2D eigenvalue weighted by Gasteiger charge is 2.33. The molecule has 1 aliphatic heterocycles. The lowest BCUT2D eigenvalue weighted by atomic mass is 10.3. The van der Waals surface area contributed by atoms with E-state index in [4.69, 9.17) is 23.8 Å². The summed E-state index contributed by atoms with van der Waals surface area (Å²) in [6, 6.07) is 10.8. The molecule has 6 heteroatoms. The van der Waals surface area contributed by atoms with Gasteiger partial charge in [-0.3, -0.25) is 9.69 Å². The molecule has 0 aliphatic carbocycles. The number of thiocarbonyl (C=S) groups is 1. The van der Waals surface area contributed by atoms with E-state index in [2.05, 4.69) is 4.98 Å². The summed E-state index contributed by atoms with van der Waals surface area (Å²) in [5, 5.41) is 0.626. The predicted molar refractivity (Wildman–Crippen MR) is 87.9 cm³/mol. The Hall–Kier alpha value is -1.56. The molecule has 100 valence electrons. The number of carbonyl (C=O) groups is 1. The van der Waals surface area contributed by atoms with Crippen LogP contribution >= 0.6 is 35.6 Å². The van der Waals surface area contributed by atoms with E-state index in [-0.39, 0.29) is 5.91 Å². The van der Waals surface area contributed by atoms with E-state index in [0.29, 0.717) is 14.2 Å². The van der Waals surface area contributed by atoms with Gasteiger partial charge in [0.1, 0.15) is 0 Å². The Morgan fingerprint density at radius 2 is 2.00 bits per heavy atom. The quantitative estimate of drug-likeness (QED) is 0.669. The molecule has 0 spiro atoms. The maximum absolute atomic E-state index is 12.4. The van der Waals surface area contributed by atoms with Gasteiger partial charge in [-0.2, -0.15) is 0 Å². The van der Waals surface area contributed by atoms with Crippen molar-refractivity contribution >= 4 is 57.6 Å². The average molecular weight is 321 g/mol. The second kappa shape index (κ2) is 5.44. The Bertz CT molecular complexity index is 692. The third-order valence-corrected chi connectivity index (χ3v) is 4.34. The van der Waals surface area contributed by atoms with Gasteiger partial charge in [0.05, 0.1) is 10.6 Å². The maximum atomic E-state index is 12.4. The second-order valence-corrected chi connectivity index (χ2v) is 6.23. The number of rotatable bonds is 2. The first-order valence-electron chi connectivity index (χ1n) is 5.82. The molecule has 1 aliphatic rings. The highest BCUT2D eigenvalue weighted by Crippen LogP contribution is 2.36. The summed E-state index contributed by atoms with van der Waals surface area (Å²) in [7, 11) is 0. The minimum Gasteiger partial charge on any atom is -0.362 e. The lowest BCUT2D eigenvalue weighted by Gasteiger charge is -2.14. The number of aromatic amines is 1. The number of thioether (sulfide) groups is 1. The van der Waals surface area contributed by atoms with E-state index < -0.39 is 0 Å². The fraction of sp³-hybridized carbons (Fsp3) is 0. The number of H-pyrrole nitrogens is 1. The molecular formula is C14H9ClN2OS2. The van der Waals surface area contributed by atoms with E-state index in [1.165, 1.54) is 16.7 Å². The Morgan fingerprint density at radius 3 is 2.65 bits per heavy atom. The van der Waals surface area contributed by atoms with Crippen LogP contribution in [0.5, 0.6) is 0 Å². The fourth-order valence-electron chi connectivity index (χ4n) is 1.86. The highest BCUT2D eigenvalue weighted by molar-refractivity contribution is 8.27. The Labute approximate surface area is 130 Å². The Morgan fingerprint density at radius 1 is 1.25 bits per heavy atom. The number of halogens is 1. The van der Waals surface area contributed by atoms with Crippen LogP contribution in [0.1, 0.15) is 5.69 Å². The molecular weight excluding hydrogens is 312 g/mol. The predicted octanol–water partition coefficient (Wildman–Crippen LogP) is 4.07. The first-order valence-corrected chi connectivity index (χ1v) is 7.42. The van der Waals surface area contributed by atoms with Crippen molar-refractivity contribution in [2.24, 2.45) is 0 Å². The lowest BCUT2D eigenvalue weighted by molar-refractivity contribution is -0.113. The van der Waals surface area contributed by atoms with Gasteiger partial charge in [-0.25, -0.2) is 0 Å². The molecule has 0 saturated carbocycles. The average Bonchev–Trinajstić information content (AvgIpc) is 3.02. The third-order valence-electron chi connectivity index (χ3n) is 2.79. The second-order valence-electron chi connectivity index (χ2n) is 4.12. The van der Waals surface area contributed by atoms with E-state index in [1.54, 1.807) is 30.3 Å². The van der Waals surface area contributed by atoms with Gasteiger partial charge in [-0.1, -0.05) is 35.6 Å². The third kappa shape index (κ3) is 2.52. The molecule has 2 aromatic rings. The molecule has 3 rings (SSSR count). The summed E-state index contributed by atoms with van der Waals surface area (Å²) in [6.07, 6.45) is 3.61. The number of nitrogens with zero attached hydrogens (tertiary/aromatic N) is 1. The van der Waals surface area contributed by atoms with Crippen LogP contribution in [0.15, 0.2) is 47.5 Å². The molecule has 3 nitrogen and oxygen atoms in total.